The predicted octanol–water partition coefficient (Wildman–Crippen LogP) is 6.45. The third-order valence-electron chi connectivity index (χ3n) is 7.30. The van der Waals surface area contributed by atoms with E-state index < -0.39 is 0 Å². The van der Waals surface area contributed by atoms with Crippen LogP contribution >= 0.6 is 0 Å². The Hall–Kier alpha value is -2.85. The molecule has 4 rings (SSSR count). The fourth-order valence-corrected chi connectivity index (χ4v) is 4.84. The number of aryl methyl sites for hydroxylation is 1. The van der Waals surface area contributed by atoms with Crippen molar-refractivity contribution in [2.24, 2.45) is 5.41 Å². The molecule has 0 fully saturated rings. The first-order valence-electron chi connectivity index (χ1n) is 12.7. The average Bonchev–Trinajstić information content (AvgIpc) is 3.24. The second kappa shape index (κ2) is 9.79. The lowest BCUT2D eigenvalue weighted by molar-refractivity contribution is 0.316. The van der Waals surface area contributed by atoms with Gasteiger partial charge in [-0.05, 0) is 72.8 Å². The largest absolute Gasteiger partial charge is 0.383 e. The highest BCUT2D eigenvalue weighted by Gasteiger charge is 2.16. The summed E-state index contributed by atoms with van der Waals surface area (Å²) in [6.07, 6.45) is 5.18. The smallest absolute Gasteiger partial charge is 0.100 e. The van der Waals surface area contributed by atoms with Crippen LogP contribution in [0.4, 0.5) is 5.69 Å². The number of nitrogens with one attached hydrogen (secondary N) is 1. The van der Waals surface area contributed by atoms with E-state index in [-0.39, 0.29) is 5.41 Å². The molecule has 1 N–H and O–H groups in total. The van der Waals surface area contributed by atoms with Crippen molar-refractivity contribution in [3.63, 3.8) is 0 Å². The number of aromatic nitrogens is 2. The van der Waals surface area contributed by atoms with Crippen molar-refractivity contribution in [2.45, 2.75) is 53.9 Å². The van der Waals surface area contributed by atoms with Gasteiger partial charge in [0.2, 0.25) is 0 Å². The molecule has 2 aromatic heterocycles. The maximum absolute atomic E-state index is 4.69. The number of hydrogen-bond donors (Lipinski definition) is 1. The lowest BCUT2D eigenvalue weighted by atomic mass is 9.84. The van der Waals surface area contributed by atoms with Gasteiger partial charge in [-0.25, -0.2) is 4.98 Å². The van der Waals surface area contributed by atoms with Crippen molar-refractivity contribution in [3.8, 4) is 0 Å². The fraction of sp³-hybridized carbons (Fsp3) is 0.433. The minimum atomic E-state index is 0.176. The minimum absolute atomic E-state index is 0.176. The average molecular weight is 457 g/mol. The maximum Gasteiger partial charge on any atom is 0.100 e. The SMILES string of the molecule is C=C(CCCc1ccc2c(c1)c(=C)c1c(NCCN(CC)CC)ccc3ncn2c31)C(C)(C)C. The molecule has 4 aromatic rings. The van der Waals surface area contributed by atoms with Crippen LogP contribution in [-0.2, 0) is 6.42 Å². The van der Waals surface area contributed by atoms with E-state index in [4.69, 9.17) is 4.98 Å². The second-order valence-corrected chi connectivity index (χ2v) is 10.5. The highest BCUT2D eigenvalue weighted by Crippen LogP contribution is 2.30. The van der Waals surface area contributed by atoms with Gasteiger partial charge in [-0.1, -0.05) is 59.4 Å². The maximum atomic E-state index is 4.69. The molecular weight excluding hydrogens is 416 g/mol. The molecule has 0 amide bonds. The van der Waals surface area contributed by atoms with Gasteiger partial charge < -0.3 is 10.2 Å². The first-order chi connectivity index (χ1) is 16.2. The van der Waals surface area contributed by atoms with E-state index in [9.17, 15) is 0 Å². The molecule has 2 heterocycles. The third-order valence-corrected chi connectivity index (χ3v) is 7.30. The number of likely N-dealkylation sites (N-methyl/N-ethyl adjacent to an activating group) is 1. The molecule has 0 bridgehead atoms. The van der Waals surface area contributed by atoms with E-state index in [1.54, 1.807) is 0 Å². The van der Waals surface area contributed by atoms with E-state index in [0.29, 0.717) is 0 Å². The summed E-state index contributed by atoms with van der Waals surface area (Å²) in [5, 5.41) is 7.16. The molecular formula is C30H40N4. The van der Waals surface area contributed by atoms with Gasteiger partial charge in [-0.2, -0.15) is 0 Å². The van der Waals surface area contributed by atoms with Crippen molar-refractivity contribution in [3.05, 3.63) is 59.6 Å². The lowest BCUT2D eigenvalue weighted by Crippen LogP contribution is -2.28. The van der Waals surface area contributed by atoms with Gasteiger partial charge in [0.1, 0.15) is 6.33 Å². The summed E-state index contributed by atoms with van der Waals surface area (Å²) >= 11 is 0. The molecule has 0 aliphatic rings. The zero-order valence-corrected chi connectivity index (χ0v) is 21.7. The molecule has 0 aliphatic carbocycles. The Bertz CT molecular complexity index is 1350. The van der Waals surface area contributed by atoms with Crippen LogP contribution in [0.25, 0.3) is 33.9 Å². The summed E-state index contributed by atoms with van der Waals surface area (Å²) in [7, 11) is 0. The quantitative estimate of drug-likeness (QED) is 0.220. The van der Waals surface area contributed by atoms with Gasteiger partial charge in [0.25, 0.3) is 0 Å². The molecule has 0 radical (unpaired) electrons. The Kier molecular flexibility index (Phi) is 6.99. The molecule has 2 aromatic carbocycles. The van der Waals surface area contributed by atoms with E-state index in [1.807, 2.05) is 6.33 Å². The number of fused-ring (bicyclic) bond motifs is 2. The molecule has 0 saturated carbocycles. The van der Waals surface area contributed by atoms with E-state index in [1.165, 1.54) is 27.4 Å². The molecule has 180 valence electrons. The van der Waals surface area contributed by atoms with Crippen molar-refractivity contribution in [1.29, 1.82) is 0 Å². The summed E-state index contributed by atoms with van der Waals surface area (Å²) in [6.45, 7) is 24.1. The number of benzene rings is 2. The Balaban J connectivity index is 1.68. The zero-order valence-electron chi connectivity index (χ0n) is 21.7. The van der Waals surface area contributed by atoms with Crippen molar-refractivity contribution in [2.75, 3.05) is 31.5 Å². The molecule has 0 unspecified atom stereocenters. The fourth-order valence-electron chi connectivity index (χ4n) is 4.84. The van der Waals surface area contributed by atoms with Gasteiger partial charge in [0, 0.05) is 29.5 Å². The Labute approximate surface area is 204 Å². The topological polar surface area (TPSA) is 32.6 Å². The third kappa shape index (κ3) is 4.69. The molecule has 0 aliphatic heterocycles. The highest BCUT2D eigenvalue weighted by atomic mass is 15.1. The van der Waals surface area contributed by atoms with Gasteiger partial charge in [-0.15, -0.1) is 0 Å². The zero-order chi connectivity index (χ0) is 24.5. The van der Waals surface area contributed by atoms with Crippen LogP contribution < -0.4 is 10.5 Å². The van der Waals surface area contributed by atoms with Crippen LogP contribution in [0.2, 0.25) is 0 Å². The van der Waals surface area contributed by atoms with E-state index >= 15 is 0 Å². The first kappa shape index (κ1) is 24.3. The molecule has 0 spiro atoms. The molecule has 4 heteroatoms. The molecule has 0 saturated heterocycles. The van der Waals surface area contributed by atoms with E-state index in [0.717, 1.165) is 67.4 Å². The summed E-state index contributed by atoms with van der Waals surface area (Å²) in [5.41, 5.74) is 7.33. The van der Waals surface area contributed by atoms with Crippen molar-refractivity contribution >= 4 is 39.6 Å². The lowest BCUT2D eigenvalue weighted by Gasteiger charge is -2.21. The van der Waals surface area contributed by atoms with Crippen LogP contribution in [0, 0.1) is 5.41 Å². The molecule has 4 nitrogen and oxygen atoms in total. The second-order valence-electron chi connectivity index (χ2n) is 10.5. The Morgan fingerprint density at radius 2 is 1.88 bits per heavy atom. The summed E-state index contributed by atoms with van der Waals surface area (Å²) in [5.74, 6) is 0. The Morgan fingerprint density at radius 3 is 2.59 bits per heavy atom. The monoisotopic (exact) mass is 456 g/mol. The molecule has 0 atom stereocenters. The number of rotatable bonds is 10. The van der Waals surface area contributed by atoms with Crippen molar-refractivity contribution < 1.29 is 0 Å². The van der Waals surface area contributed by atoms with E-state index in [2.05, 4.69) is 92.7 Å². The Morgan fingerprint density at radius 1 is 1.12 bits per heavy atom. The van der Waals surface area contributed by atoms with Crippen LogP contribution in [0.3, 0.4) is 0 Å². The predicted molar refractivity (Wildman–Crippen MR) is 149 cm³/mol. The van der Waals surface area contributed by atoms with Crippen LogP contribution in [-0.4, -0.2) is 40.5 Å². The first-order valence-corrected chi connectivity index (χ1v) is 12.7. The number of pyridine rings is 1. The van der Waals surface area contributed by atoms with Gasteiger partial charge in [-0.3, -0.25) is 4.40 Å². The number of nitrogens with zero attached hydrogens (tertiary/aromatic N) is 3. The number of hydrogen-bond acceptors (Lipinski definition) is 3. The normalized spacial score (nSPS) is 12.4. The van der Waals surface area contributed by atoms with Crippen molar-refractivity contribution in [1.82, 2.24) is 14.3 Å². The highest BCUT2D eigenvalue weighted by molar-refractivity contribution is 6.07. The number of allylic oxidation sites excluding steroid dienone is 1. The minimum Gasteiger partial charge on any atom is -0.383 e. The number of imidazole rings is 1. The van der Waals surface area contributed by atoms with Crippen LogP contribution in [0.1, 0.15) is 53.0 Å². The van der Waals surface area contributed by atoms with Crippen LogP contribution in [0.15, 0.2) is 48.8 Å². The van der Waals surface area contributed by atoms with Crippen LogP contribution in [0.5, 0.6) is 0 Å². The standard InChI is InChI=1S/C30H40N4/c1-8-33(9-2)18-17-31-25-14-15-26-29-28(25)22(4)24-19-23(12-10-11-21(3)30(5,6)7)13-16-27(24)34(29)20-32-26/h13-16,19-20,31H,3-4,8-12,17-18H2,1-2,5-7H3. The van der Waals surface area contributed by atoms with Gasteiger partial charge >= 0.3 is 0 Å². The van der Waals surface area contributed by atoms with Gasteiger partial charge in [0.05, 0.1) is 16.6 Å². The summed E-state index contributed by atoms with van der Waals surface area (Å²) in [4.78, 5) is 7.13. The summed E-state index contributed by atoms with van der Waals surface area (Å²) < 4.78 is 2.23. The molecule has 34 heavy (non-hydrogen) atoms. The van der Waals surface area contributed by atoms with Gasteiger partial charge in [0.15, 0.2) is 0 Å². The summed E-state index contributed by atoms with van der Waals surface area (Å²) in [6, 6.07) is 11.1. The number of anilines is 1.